The van der Waals surface area contributed by atoms with E-state index >= 15 is 0 Å². The quantitative estimate of drug-likeness (QED) is 0.468. The first-order valence-electron chi connectivity index (χ1n) is 3.93. The van der Waals surface area contributed by atoms with Crippen molar-refractivity contribution in [2.75, 3.05) is 11.5 Å². The molecule has 0 aliphatic heterocycles. The number of thiocyanates is 2. The fraction of sp³-hybridized carbons (Fsp3) is 0.750. The van der Waals surface area contributed by atoms with Crippen molar-refractivity contribution in [3.8, 4) is 10.8 Å². The van der Waals surface area contributed by atoms with Crippen molar-refractivity contribution in [3.63, 3.8) is 0 Å². The predicted molar refractivity (Wildman–Crippen MR) is 54.6 cm³/mol. The minimum atomic E-state index is 0.946. The molecule has 0 aliphatic carbocycles. The summed E-state index contributed by atoms with van der Waals surface area (Å²) in [4.78, 5) is 0. The van der Waals surface area contributed by atoms with Crippen LogP contribution in [0.1, 0.15) is 25.7 Å². The van der Waals surface area contributed by atoms with E-state index in [4.69, 9.17) is 10.5 Å². The van der Waals surface area contributed by atoms with Crippen molar-refractivity contribution in [1.29, 1.82) is 10.5 Å². The molecule has 0 fully saturated rings. The van der Waals surface area contributed by atoms with Gasteiger partial charge in [0.2, 0.25) is 0 Å². The smallest absolute Gasteiger partial charge is 0.133 e. The second-order valence-electron chi connectivity index (χ2n) is 2.29. The number of hydrogen-bond donors (Lipinski definition) is 0. The van der Waals surface area contributed by atoms with Crippen molar-refractivity contribution in [2.45, 2.75) is 25.7 Å². The lowest BCUT2D eigenvalue weighted by atomic mass is 10.2. The van der Waals surface area contributed by atoms with E-state index in [1.807, 2.05) is 10.8 Å². The molecule has 0 rings (SSSR count). The van der Waals surface area contributed by atoms with Crippen LogP contribution in [0.2, 0.25) is 0 Å². The van der Waals surface area contributed by atoms with Crippen LogP contribution in [0.3, 0.4) is 0 Å². The van der Waals surface area contributed by atoms with Gasteiger partial charge in [-0.3, -0.25) is 0 Å². The van der Waals surface area contributed by atoms with Gasteiger partial charge in [-0.1, -0.05) is 12.8 Å². The summed E-state index contributed by atoms with van der Waals surface area (Å²) in [6, 6.07) is 0. The molecular formula is C8H12N2S2. The molecule has 0 aliphatic rings. The van der Waals surface area contributed by atoms with Gasteiger partial charge >= 0.3 is 0 Å². The lowest BCUT2D eigenvalue weighted by molar-refractivity contribution is 0.712. The average molecular weight is 200 g/mol. The first-order valence-corrected chi connectivity index (χ1v) is 5.90. The van der Waals surface area contributed by atoms with Gasteiger partial charge in [-0.05, 0) is 36.4 Å². The zero-order chi connectivity index (χ0) is 9.07. The highest BCUT2D eigenvalue weighted by atomic mass is 32.2. The molecule has 0 saturated heterocycles. The van der Waals surface area contributed by atoms with Gasteiger partial charge in [-0.15, -0.1) is 0 Å². The van der Waals surface area contributed by atoms with E-state index in [1.165, 1.54) is 36.4 Å². The van der Waals surface area contributed by atoms with Crippen LogP contribution in [0.25, 0.3) is 0 Å². The fourth-order valence-electron chi connectivity index (χ4n) is 0.793. The van der Waals surface area contributed by atoms with Crippen molar-refractivity contribution < 1.29 is 0 Å². The minimum absolute atomic E-state index is 0.946. The van der Waals surface area contributed by atoms with E-state index in [1.54, 1.807) is 0 Å². The summed E-state index contributed by atoms with van der Waals surface area (Å²) in [6.07, 6.45) is 4.60. The summed E-state index contributed by atoms with van der Waals surface area (Å²) in [6.45, 7) is 0. The van der Waals surface area contributed by atoms with E-state index in [-0.39, 0.29) is 0 Å². The normalized spacial score (nSPS) is 8.83. The summed E-state index contributed by atoms with van der Waals surface area (Å²) in [5.41, 5.74) is 0. The molecular weight excluding hydrogens is 188 g/mol. The lowest BCUT2D eigenvalue weighted by Crippen LogP contribution is -1.82. The van der Waals surface area contributed by atoms with Gasteiger partial charge in [-0.25, -0.2) is 0 Å². The summed E-state index contributed by atoms with van der Waals surface area (Å²) < 4.78 is 0. The molecule has 0 bridgehead atoms. The molecule has 0 unspecified atom stereocenters. The van der Waals surface area contributed by atoms with Crippen LogP contribution in [0, 0.1) is 21.3 Å². The summed E-state index contributed by atoms with van der Waals surface area (Å²) >= 11 is 2.65. The topological polar surface area (TPSA) is 47.6 Å². The molecule has 0 N–H and O–H groups in total. The third-order valence-corrected chi connectivity index (χ3v) is 2.62. The van der Waals surface area contributed by atoms with Gasteiger partial charge in [-0.2, -0.15) is 10.5 Å². The molecule has 0 spiro atoms. The van der Waals surface area contributed by atoms with Crippen LogP contribution in [-0.2, 0) is 0 Å². The third kappa shape index (κ3) is 9.68. The molecule has 0 atom stereocenters. The second kappa shape index (κ2) is 10.7. The average Bonchev–Trinajstić information content (AvgIpc) is 2.10. The van der Waals surface area contributed by atoms with Gasteiger partial charge in [0, 0.05) is 11.5 Å². The molecule has 0 heterocycles. The Hall–Kier alpha value is -0.320. The van der Waals surface area contributed by atoms with Crippen molar-refractivity contribution in [2.24, 2.45) is 0 Å². The van der Waals surface area contributed by atoms with E-state index < -0.39 is 0 Å². The van der Waals surface area contributed by atoms with Gasteiger partial charge in [0.25, 0.3) is 0 Å². The maximum atomic E-state index is 8.21. The molecule has 0 aromatic carbocycles. The largest absolute Gasteiger partial charge is 0.185 e. The maximum Gasteiger partial charge on any atom is 0.133 e. The summed E-state index contributed by atoms with van der Waals surface area (Å²) in [5.74, 6) is 1.89. The first-order chi connectivity index (χ1) is 5.91. The summed E-state index contributed by atoms with van der Waals surface area (Å²) in [5, 5.41) is 20.5. The fourth-order valence-corrected chi connectivity index (χ4v) is 1.67. The van der Waals surface area contributed by atoms with Gasteiger partial charge < -0.3 is 0 Å². The van der Waals surface area contributed by atoms with E-state index in [0.717, 1.165) is 24.3 Å². The highest BCUT2D eigenvalue weighted by Crippen LogP contribution is 2.08. The second-order valence-corrected chi connectivity index (χ2v) is 4.05. The zero-order valence-electron chi connectivity index (χ0n) is 6.95. The Morgan fingerprint density at radius 1 is 0.750 bits per heavy atom. The number of nitrogens with zero attached hydrogens (tertiary/aromatic N) is 2. The number of nitriles is 2. The molecule has 66 valence electrons. The number of hydrogen-bond acceptors (Lipinski definition) is 4. The predicted octanol–water partition coefficient (Wildman–Crippen LogP) is 2.98. The van der Waals surface area contributed by atoms with E-state index in [9.17, 15) is 0 Å². The molecule has 12 heavy (non-hydrogen) atoms. The molecule has 0 aromatic rings. The van der Waals surface area contributed by atoms with Crippen LogP contribution >= 0.6 is 23.5 Å². The molecule has 0 aromatic heterocycles. The molecule has 2 nitrogen and oxygen atoms in total. The van der Waals surface area contributed by atoms with Crippen LogP contribution in [0.5, 0.6) is 0 Å². The number of unbranched alkanes of at least 4 members (excludes halogenated alkanes) is 3. The number of thioether (sulfide) groups is 2. The third-order valence-electron chi connectivity index (χ3n) is 1.37. The van der Waals surface area contributed by atoms with Crippen LogP contribution in [-0.4, -0.2) is 11.5 Å². The maximum absolute atomic E-state index is 8.21. The Morgan fingerprint density at radius 3 is 1.50 bits per heavy atom. The summed E-state index contributed by atoms with van der Waals surface area (Å²) in [7, 11) is 0. The Kier molecular flexibility index (Phi) is 10.4. The molecule has 0 amide bonds. The Morgan fingerprint density at radius 2 is 1.17 bits per heavy atom. The van der Waals surface area contributed by atoms with Crippen LogP contribution in [0.15, 0.2) is 0 Å². The Labute approximate surface area is 82.3 Å². The van der Waals surface area contributed by atoms with Crippen LogP contribution in [0.4, 0.5) is 0 Å². The van der Waals surface area contributed by atoms with Gasteiger partial charge in [0.1, 0.15) is 10.8 Å². The van der Waals surface area contributed by atoms with Crippen molar-refractivity contribution in [1.82, 2.24) is 0 Å². The molecule has 0 saturated carbocycles. The Balaban J connectivity index is 2.84. The first kappa shape index (κ1) is 11.7. The van der Waals surface area contributed by atoms with Crippen molar-refractivity contribution >= 4 is 23.5 Å². The minimum Gasteiger partial charge on any atom is -0.185 e. The van der Waals surface area contributed by atoms with Gasteiger partial charge in [0.05, 0.1) is 0 Å². The van der Waals surface area contributed by atoms with E-state index in [0.29, 0.717) is 0 Å². The highest BCUT2D eigenvalue weighted by Gasteiger charge is 1.90. The monoisotopic (exact) mass is 200 g/mol. The lowest BCUT2D eigenvalue weighted by Gasteiger charge is -1.96. The highest BCUT2D eigenvalue weighted by molar-refractivity contribution is 8.03. The van der Waals surface area contributed by atoms with Gasteiger partial charge in [0.15, 0.2) is 0 Å². The molecule has 4 heteroatoms. The van der Waals surface area contributed by atoms with E-state index in [2.05, 4.69) is 0 Å². The zero-order valence-corrected chi connectivity index (χ0v) is 8.59. The molecule has 0 radical (unpaired) electrons. The standard InChI is InChI=1S/C8H12N2S2/c9-7-11-5-3-1-2-4-6-12-8-10/h1-6H2. The SMILES string of the molecule is N#CSCCCCCCSC#N. The van der Waals surface area contributed by atoms with Crippen molar-refractivity contribution in [3.05, 3.63) is 0 Å². The number of rotatable bonds is 7. The van der Waals surface area contributed by atoms with Crippen LogP contribution < -0.4 is 0 Å². The Bertz CT molecular complexity index is 149.